The first-order valence-corrected chi connectivity index (χ1v) is 8.96. The standard InChI is InChI=1S/C17H23BN2O5/c21-17(22)15-14(4-3-11-5-6-18(23)25-16(11)15)24-13-9-20(10-13)8-12-2-1-7-19-12/h3-4,12-13,19,23H,1-2,5-10H2,(H,21,22)/t12-/m0/s1. The van der Waals surface area contributed by atoms with E-state index >= 15 is 0 Å². The summed E-state index contributed by atoms with van der Waals surface area (Å²) in [6.07, 6.45) is 3.52. The summed E-state index contributed by atoms with van der Waals surface area (Å²) in [5.74, 6) is -0.522. The van der Waals surface area contributed by atoms with Crippen LogP contribution in [0, 0.1) is 0 Å². The second kappa shape index (κ2) is 6.86. The van der Waals surface area contributed by atoms with Crippen molar-refractivity contribution < 1.29 is 24.3 Å². The summed E-state index contributed by atoms with van der Waals surface area (Å²) in [4.78, 5) is 14.0. The lowest BCUT2D eigenvalue weighted by Gasteiger charge is -2.40. The van der Waals surface area contributed by atoms with Crippen molar-refractivity contribution in [2.24, 2.45) is 0 Å². The van der Waals surface area contributed by atoms with Gasteiger partial charge in [-0.3, -0.25) is 4.90 Å². The van der Waals surface area contributed by atoms with E-state index in [0.29, 0.717) is 24.5 Å². The summed E-state index contributed by atoms with van der Waals surface area (Å²) < 4.78 is 11.3. The van der Waals surface area contributed by atoms with E-state index in [0.717, 1.165) is 31.7 Å². The number of nitrogens with zero attached hydrogens (tertiary/aromatic N) is 1. The average Bonchev–Trinajstić information content (AvgIpc) is 3.05. The van der Waals surface area contributed by atoms with Gasteiger partial charge in [-0.1, -0.05) is 6.07 Å². The number of fused-ring (bicyclic) bond motifs is 1. The summed E-state index contributed by atoms with van der Waals surface area (Å²) in [5.41, 5.74) is 0.824. The molecule has 1 aromatic carbocycles. The molecule has 134 valence electrons. The Morgan fingerprint density at radius 2 is 2.28 bits per heavy atom. The van der Waals surface area contributed by atoms with Crippen molar-refractivity contribution in [1.29, 1.82) is 0 Å². The van der Waals surface area contributed by atoms with Crippen LogP contribution in [0.5, 0.6) is 11.5 Å². The number of aryl methyl sites for hydroxylation is 1. The third-order valence-electron chi connectivity index (χ3n) is 5.19. The molecule has 1 atom stereocenters. The summed E-state index contributed by atoms with van der Waals surface area (Å²) >= 11 is 0. The molecular weight excluding hydrogens is 323 g/mol. The minimum absolute atomic E-state index is 0.00827. The number of carbonyl (C=O) groups is 1. The van der Waals surface area contributed by atoms with Gasteiger partial charge < -0.3 is 24.8 Å². The maximum absolute atomic E-state index is 11.7. The van der Waals surface area contributed by atoms with Crippen molar-refractivity contribution >= 4 is 13.1 Å². The van der Waals surface area contributed by atoms with E-state index in [9.17, 15) is 14.9 Å². The Bertz CT molecular complexity index is 659. The van der Waals surface area contributed by atoms with Crippen LogP contribution in [0.4, 0.5) is 0 Å². The first-order chi connectivity index (χ1) is 12.1. The molecule has 3 aliphatic rings. The first kappa shape index (κ1) is 16.7. The van der Waals surface area contributed by atoms with Crippen LogP contribution in [-0.4, -0.2) is 66.4 Å². The second-order valence-corrected chi connectivity index (χ2v) is 7.09. The molecule has 0 unspecified atom stereocenters. The molecule has 2 saturated heterocycles. The lowest BCUT2D eigenvalue weighted by atomic mass is 9.78. The second-order valence-electron chi connectivity index (χ2n) is 7.09. The Labute approximate surface area is 147 Å². The molecule has 8 heteroatoms. The lowest BCUT2D eigenvalue weighted by Crippen LogP contribution is -2.56. The molecular formula is C17H23BN2O5. The van der Waals surface area contributed by atoms with Crippen LogP contribution >= 0.6 is 0 Å². The zero-order chi connectivity index (χ0) is 17.4. The number of hydrogen-bond donors (Lipinski definition) is 3. The predicted molar refractivity (Wildman–Crippen MR) is 92.4 cm³/mol. The Hall–Kier alpha value is -1.77. The van der Waals surface area contributed by atoms with Crippen molar-refractivity contribution in [3.05, 3.63) is 23.3 Å². The van der Waals surface area contributed by atoms with Crippen molar-refractivity contribution in [3.63, 3.8) is 0 Å². The average molecular weight is 346 g/mol. The van der Waals surface area contributed by atoms with Gasteiger partial charge in [-0.15, -0.1) is 0 Å². The third-order valence-corrected chi connectivity index (χ3v) is 5.19. The van der Waals surface area contributed by atoms with Gasteiger partial charge in [0.2, 0.25) is 0 Å². The highest BCUT2D eigenvalue weighted by Crippen LogP contribution is 2.37. The van der Waals surface area contributed by atoms with Crippen molar-refractivity contribution in [2.75, 3.05) is 26.2 Å². The van der Waals surface area contributed by atoms with Gasteiger partial charge in [-0.25, -0.2) is 4.79 Å². The molecule has 3 N–H and O–H groups in total. The van der Waals surface area contributed by atoms with Gasteiger partial charge in [0, 0.05) is 25.7 Å². The number of likely N-dealkylation sites (tertiary alicyclic amines) is 1. The molecule has 4 rings (SSSR count). The highest BCUT2D eigenvalue weighted by molar-refractivity contribution is 6.44. The number of carboxylic acids is 1. The normalized spacial score (nSPS) is 23.7. The number of aromatic carboxylic acids is 1. The van der Waals surface area contributed by atoms with Crippen molar-refractivity contribution in [1.82, 2.24) is 10.2 Å². The van der Waals surface area contributed by atoms with E-state index in [1.54, 1.807) is 6.07 Å². The number of nitrogens with one attached hydrogen (secondary N) is 1. The Morgan fingerprint density at radius 1 is 1.44 bits per heavy atom. The number of ether oxygens (including phenoxy) is 1. The van der Waals surface area contributed by atoms with Crippen LogP contribution in [0.15, 0.2) is 12.1 Å². The zero-order valence-corrected chi connectivity index (χ0v) is 14.1. The van der Waals surface area contributed by atoms with Crippen LogP contribution in [0.2, 0.25) is 6.32 Å². The minimum atomic E-state index is -1.09. The Kier molecular flexibility index (Phi) is 4.58. The Balaban J connectivity index is 1.42. The Morgan fingerprint density at radius 3 is 3.00 bits per heavy atom. The van der Waals surface area contributed by atoms with Crippen LogP contribution in [-0.2, 0) is 6.42 Å². The lowest BCUT2D eigenvalue weighted by molar-refractivity contribution is 0.0143. The number of carboxylic acid groups (broad SMARTS) is 1. The van der Waals surface area contributed by atoms with E-state index in [1.807, 2.05) is 6.07 Å². The molecule has 25 heavy (non-hydrogen) atoms. The number of rotatable bonds is 5. The molecule has 1 aromatic rings. The van der Waals surface area contributed by atoms with Gasteiger partial charge in [-0.05, 0) is 43.8 Å². The summed E-state index contributed by atoms with van der Waals surface area (Å²) in [7, 11) is -0.959. The summed E-state index contributed by atoms with van der Waals surface area (Å²) in [6, 6.07) is 4.11. The SMILES string of the molecule is O=C(O)c1c(OC2CN(C[C@@H]3CCCN3)C2)ccc2c1OB(O)CC2. The fraction of sp³-hybridized carbons (Fsp3) is 0.588. The highest BCUT2D eigenvalue weighted by Gasteiger charge is 2.34. The molecule has 0 radical (unpaired) electrons. The van der Waals surface area contributed by atoms with Gasteiger partial charge in [0.15, 0.2) is 0 Å². The smallest absolute Gasteiger partial charge is 0.522 e. The maximum Gasteiger partial charge on any atom is 0.522 e. The molecule has 0 spiro atoms. The molecule has 0 aliphatic carbocycles. The summed E-state index contributed by atoms with van der Waals surface area (Å²) in [6.45, 7) is 3.72. The molecule has 7 nitrogen and oxygen atoms in total. The largest absolute Gasteiger partial charge is 0.535 e. The third kappa shape index (κ3) is 3.47. The van der Waals surface area contributed by atoms with E-state index in [2.05, 4.69) is 10.2 Å². The summed E-state index contributed by atoms with van der Waals surface area (Å²) in [5, 5.41) is 22.8. The monoisotopic (exact) mass is 346 g/mol. The van der Waals surface area contributed by atoms with E-state index < -0.39 is 13.1 Å². The number of benzene rings is 1. The molecule has 0 aromatic heterocycles. The predicted octanol–water partition coefficient (Wildman–Crippen LogP) is 0.615. The van der Waals surface area contributed by atoms with Crippen LogP contribution in [0.3, 0.4) is 0 Å². The molecule has 3 heterocycles. The molecule has 0 bridgehead atoms. The quantitative estimate of drug-likeness (QED) is 0.673. The van der Waals surface area contributed by atoms with Crippen LogP contribution in [0.1, 0.15) is 28.8 Å². The van der Waals surface area contributed by atoms with Gasteiger partial charge in [-0.2, -0.15) is 0 Å². The fourth-order valence-electron chi connectivity index (χ4n) is 3.86. The van der Waals surface area contributed by atoms with Crippen LogP contribution in [0.25, 0.3) is 0 Å². The zero-order valence-electron chi connectivity index (χ0n) is 14.1. The highest BCUT2D eigenvalue weighted by atomic mass is 16.5. The van der Waals surface area contributed by atoms with E-state index in [1.165, 1.54) is 12.8 Å². The maximum atomic E-state index is 11.7. The molecule has 3 aliphatic heterocycles. The van der Waals surface area contributed by atoms with E-state index in [4.69, 9.17) is 9.39 Å². The van der Waals surface area contributed by atoms with Gasteiger partial charge in [0.05, 0.1) is 0 Å². The molecule has 0 saturated carbocycles. The van der Waals surface area contributed by atoms with E-state index in [-0.39, 0.29) is 17.4 Å². The van der Waals surface area contributed by atoms with Crippen molar-refractivity contribution in [3.8, 4) is 11.5 Å². The molecule has 0 amide bonds. The molecule has 2 fully saturated rings. The van der Waals surface area contributed by atoms with Crippen molar-refractivity contribution in [2.45, 2.75) is 37.7 Å². The number of hydrogen-bond acceptors (Lipinski definition) is 6. The van der Waals surface area contributed by atoms with Gasteiger partial charge in [0.1, 0.15) is 23.2 Å². The van der Waals surface area contributed by atoms with Gasteiger partial charge >= 0.3 is 13.1 Å². The fourth-order valence-corrected chi connectivity index (χ4v) is 3.86. The first-order valence-electron chi connectivity index (χ1n) is 8.96. The minimum Gasteiger partial charge on any atom is -0.535 e. The van der Waals surface area contributed by atoms with Crippen LogP contribution < -0.4 is 14.7 Å². The van der Waals surface area contributed by atoms with Gasteiger partial charge in [0.25, 0.3) is 0 Å². The topological polar surface area (TPSA) is 91.3 Å².